The topological polar surface area (TPSA) is 55.4 Å². The van der Waals surface area contributed by atoms with Crippen molar-refractivity contribution in [1.29, 1.82) is 0 Å². The van der Waals surface area contributed by atoms with E-state index < -0.39 is 11.9 Å². The molecule has 29 heavy (non-hydrogen) atoms. The molecule has 0 spiro atoms. The zero-order valence-corrected chi connectivity index (χ0v) is 16.9. The van der Waals surface area contributed by atoms with Crippen LogP contribution in [0.15, 0.2) is 60.0 Å². The van der Waals surface area contributed by atoms with Gasteiger partial charge in [0.25, 0.3) is 0 Å². The van der Waals surface area contributed by atoms with E-state index in [1.54, 1.807) is 25.1 Å². The molecule has 1 amide bonds. The first kappa shape index (κ1) is 20.5. The fourth-order valence-electron chi connectivity index (χ4n) is 2.70. The highest BCUT2D eigenvalue weighted by molar-refractivity contribution is 7.15. The Morgan fingerprint density at radius 3 is 2.45 bits per heavy atom. The van der Waals surface area contributed by atoms with Crippen LogP contribution in [-0.4, -0.2) is 18.5 Å². The lowest BCUT2D eigenvalue weighted by molar-refractivity contribution is -0.111. The summed E-state index contributed by atoms with van der Waals surface area (Å²) in [5, 5.41) is 5.00. The first-order valence-corrected chi connectivity index (χ1v) is 9.96. The molecule has 0 fully saturated rings. The molecular formula is C23H20FNO3S. The Bertz CT molecular complexity index is 1040. The van der Waals surface area contributed by atoms with Gasteiger partial charge in [0.1, 0.15) is 16.4 Å². The minimum absolute atomic E-state index is 0.236. The summed E-state index contributed by atoms with van der Waals surface area (Å²) < 4.78 is 18.2. The summed E-state index contributed by atoms with van der Waals surface area (Å²) in [6, 6.07) is 13.6. The monoisotopic (exact) mass is 409 g/mol. The predicted octanol–water partition coefficient (Wildman–Crippen LogP) is 5.69. The Kier molecular flexibility index (Phi) is 6.57. The Labute approximate surface area is 172 Å². The number of hydrogen-bond donors (Lipinski definition) is 1. The van der Waals surface area contributed by atoms with Crippen molar-refractivity contribution in [3.8, 4) is 11.1 Å². The zero-order chi connectivity index (χ0) is 20.8. The van der Waals surface area contributed by atoms with Gasteiger partial charge in [0.2, 0.25) is 5.91 Å². The van der Waals surface area contributed by atoms with Crippen LogP contribution >= 0.6 is 11.3 Å². The number of anilines is 1. The Balaban J connectivity index is 1.86. The van der Waals surface area contributed by atoms with Gasteiger partial charge in [0, 0.05) is 17.0 Å². The largest absolute Gasteiger partial charge is 0.462 e. The van der Waals surface area contributed by atoms with Crippen molar-refractivity contribution in [3.05, 3.63) is 82.5 Å². The standard InChI is InChI=1S/C23H20FNO3S/c1-3-28-23(27)21-19(17-9-4-15(2)5-10-17)14-29-22(21)25-20(26)13-8-16-6-11-18(24)12-7-16/h4-14H,3H2,1-2H3,(H,25,26). The summed E-state index contributed by atoms with van der Waals surface area (Å²) in [7, 11) is 0. The van der Waals surface area contributed by atoms with Crippen LogP contribution < -0.4 is 5.32 Å². The minimum atomic E-state index is -0.484. The maximum atomic E-state index is 13.0. The van der Waals surface area contributed by atoms with E-state index in [4.69, 9.17) is 4.74 Å². The highest BCUT2D eigenvalue weighted by atomic mass is 32.1. The number of amides is 1. The SMILES string of the molecule is CCOC(=O)c1c(-c2ccc(C)cc2)csc1NC(=O)C=Cc1ccc(F)cc1. The molecule has 3 aromatic rings. The molecule has 0 saturated heterocycles. The van der Waals surface area contributed by atoms with E-state index in [0.717, 1.165) is 11.1 Å². The van der Waals surface area contributed by atoms with E-state index in [1.165, 1.54) is 29.5 Å². The molecule has 0 aliphatic rings. The van der Waals surface area contributed by atoms with Crippen LogP contribution in [-0.2, 0) is 9.53 Å². The molecule has 1 N–H and O–H groups in total. The number of halogens is 1. The van der Waals surface area contributed by atoms with Crippen molar-refractivity contribution in [2.24, 2.45) is 0 Å². The summed E-state index contributed by atoms with van der Waals surface area (Å²) in [5.41, 5.74) is 3.73. The lowest BCUT2D eigenvalue weighted by Crippen LogP contribution is -2.12. The summed E-state index contributed by atoms with van der Waals surface area (Å²) >= 11 is 1.27. The normalized spacial score (nSPS) is 10.9. The summed E-state index contributed by atoms with van der Waals surface area (Å²) in [6.45, 7) is 3.96. The second-order valence-corrected chi connectivity index (χ2v) is 7.19. The molecule has 148 valence electrons. The molecule has 4 nitrogen and oxygen atoms in total. The van der Waals surface area contributed by atoms with Gasteiger partial charge in [-0.05, 0) is 43.2 Å². The summed E-state index contributed by atoms with van der Waals surface area (Å²) in [6.07, 6.45) is 2.92. The average Bonchev–Trinajstić information content (AvgIpc) is 3.12. The Morgan fingerprint density at radius 1 is 1.10 bits per heavy atom. The molecule has 0 atom stereocenters. The smallest absolute Gasteiger partial charge is 0.341 e. The third-order valence-electron chi connectivity index (χ3n) is 4.17. The number of thiophene rings is 1. The molecular weight excluding hydrogens is 389 g/mol. The molecule has 0 unspecified atom stereocenters. The van der Waals surface area contributed by atoms with Gasteiger partial charge in [-0.2, -0.15) is 0 Å². The number of hydrogen-bond acceptors (Lipinski definition) is 4. The van der Waals surface area contributed by atoms with Crippen molar-refractivity contribution in [1.82, 2.24) is 0 Å². The maximum Gasteiger partial charge on any atom is 0.341 e. The van der Waals surface area contributed by atoms with E-state index in [1.807, 2.05) is 36.6 Å². The molecule has 2 aromatic carbocycles. The van der Waals surface area contributed by atoms with Crippen molar-refractivity contribution < 1.29 is 18.7 Å². The number of ether oxygens (including phenoxy) is 1. The number of carbonyl (C=O) groups excluding carboxylic acids is 2. The fourth-order valence-corrected chi connectivity index (χ4v) is 3.66. The lowest BCUT2D eigenvalue weighted by atomic mass is 10.0. The number of nitrogens with one attached hydrogen (secondary N) is 1. The van der Waals surface area contributed by atoms with Crippen LogP contribution in [0, 0.1) is 12.7 Å². The quantitative estimate of drug-likeness (QED) is 0.420. The van der Waals surface area contributed by atoms with Crippen LogP contribution in [0.2, 0.25) is 0 Å². The number of rotatable bonds is 6. The zero-order valence-electron chi connectivity index (χ0n) is 16.1. The number of esters is 1. The lowest BCUT2D eigenvalue weighted by Gasteiger charge is -2.08. The molecule has 1 heterocycles. The van der Waals surface area contributed by atoms with Gasteiger partial charge in [-0.25, -0.2) is 9.18 Å². The minimum Gasteiger partial charge on any atom is -0.462 e. The van der Waals surface area contributed by atoms with Gasteiger partial charge in [0.15, 0.2) is 0 Å². The highest BCUT2D eigenvalue weighted by Gasteiger charge is 2.22. The van der Waals surface area contributed by atoms with E-state index in [0.29, 0.717) is 21.7 Å². The molecule has 6 heteroatoms. The van der Waals surface area contributed by atoms with Crippen LogP contribution in [0.5, 0.6) is 0 Å². The van der Waals surface area contributed by atoms with Gasteiger partial charge in [0.05, 0.1) is 6.61 Å². The second-order valence-electron chi connectivity index (χ2n) is 6.31. The van der Waals surface area contributed by atoms with Gasteiger partial charge in [-0.3, -0.25) is 4.79 Å². The van der Waals surface area contributed by atoms with Gasteiger partial charge in [-0.15, -0.1) is 11.3 Å². The Morgan fingerprint density at radius 2 is 1.79 bits per heavy atom. The predicted molar refractivity (Wildman–Crippen MR) is 115 cm³/mol. The van der Waals surface area contributed by atoms with Crippen molar-refractivity contribution >= 4 is 34.3 Å². The van der Waals surface area contributed by atoms with Crippen LogP contribution in [0.3, 0.4) is 0 Å². The second kappa shape index (κ2) is 9.30. The maximum absolute atomic E-state index is 13.0. The molecule has 1 aromatic heterocycles. The first-order chi connectivity index (χ1) is 14.0. The molecule has 3 rings (SSSR count). The van der Waals surface area contributed by atoms with Crippen LogP contribution in [0.1, 0.15) is 28.4 Å². The van der Waals surface area contributed by atoms with Gasteiger partial charge >= 0.3 is 5.97 Å². The fraction of sp³-hybridized carbons (Fsp3) is 0.130. The van der Waals surface area contributed by atoms with Crippen molar-refractivity contribution in [2.75, 3.05) is 11.9 Å². The molecule has 0 bridgehead atoms. The first-order valence-electron chi connectivity index (χ1n) is 9.08. The third-order valence-corrected chi connectivity index (χ3v) is 5.06. The van der Waals surface area contributed by atoms with Crippen LogP contribution in [0.25, 0.3) is 17.2 Å². The van der Waals surface area contributed by atoms with E-state index in [2.05, 4.69) is 5.32 Å². The molecule has 0 aliphatic carbocycles. The van der Waals surface area contributed by atoms with E-state index in [9.17, 15) is 14.0 Å². The van der Waals surface area contributed by atoms with E-state index in [-0.39, 0.29) is 12.4 Å². The number of benzene rings is 2. The average molecular weight is 409 g/mol. The molecule has 0 radical (unpaired) electrons. The van der Waals surface area contributed by atoms with Gasteiger partial charge in [-0.1, -0.05) is 42.0 Å². The van der Waals surface area contributed by atoms with E-state index >= 15 is 0 Å². The summed E-state index contributed by atoms with van der Waals surface area (Å²) in [4.78, 5) is 24.9. The Hall–Kier alpha value is -3.25. The number of aryl methyl sites for hydroxylation is 1. The summed E-state index contributed by atoms with van der Waals surface area (Å²) in [5.74, 6) is -1.22. The molecule has 0 saturated carbocycles. The van der Waals surface area contributed by atoms with Crippen LogP contribution in [0.4, 0.5) is 9.39 Å². The van der Waals surface area contributed by atoms with Crippen molar-refractivity contribution in [2.45, 2.75) is 13.8 Å². The number of carbonyl (C=O) groups is 2. The third kappa shape index (κ3) is 5.18. The van der Waals surface area contributed by atoms with Crippen molar-refractivity contribution in [3.63, 3.8) is 0 Å². The highest BCUT2D eigenvalue weighted by Crippen LogP contribution is 2.36. The molecule has 0 aliphatic heterocycles. The van der Waals surface area contributed by atoms with Gasteiger partial charge < -0.3 is 10.1 Å².